The Balaban J connectivity index is 2.15. The van der Waals surface area contributed by atoms with Crippen molar-refractivity contribution in [3.05, 3.63) is 40.0 Å². The van der Waals surface area contributed by atoms with Crippen LogP contribution in [0.1, 0.15) is 5.69 Å². The molecular formula is C14H16Cl2N4O. The molecule has 0 aliphatic carbocycles. The second-order valence-corrected chi connectivity index (χ2v) is 5.23. The van der Waals surface area contributed by atoms with Gasteiger partial charge in [0.2, 0.25) is 5.95 Å². The van der Waals surface area contributed by atoms with Crippen molar-refractivity contribution in [1.82, 2.24) is 9.97 Å². The van der Waals surface area contributed by atoms with Gasteiger partial charge in [-0.05, 0) is 25.1 Å². The first-order chi connectivity index (χ1) is 10.1. The quantitative estimate of drug-likeness (QED) is 0.788. The van der Waals surface area contributed by atoms with Gasteiger partial charge in [-0.3, -0.25) is 0 Å². The third kappa shape index (κ3) is 4.74. The topological polar surface area (TPSA) is 59.1 Å². The van der Waals surface area contributed by atoms with E-state index in [1.165, 1.54) is 0 Å². The SMILES string of the molecule is COCCNc1nc(C)cc(Nc2ccc(Cl)cc2Cl)n1. The molecule has 0 amide bonds. The summed E-state index contributed by atoms with van der Waals surface area (Å²) in [6.07, 6.45) is 0. The summed E-state index contributed by atoms with van der Waals surface area (Å²) >= 11 is 12.0. The molecule has 1 aromatic heterocycles. The van der Waals surface area contributed by atoms with E-state index in [0.717, 1.165) is 11.4 Å². The highest BCUT2D eigenvalue weighted by atomic mass is 35.5. The fourth-order valence-corrected chi connectivity index (χ4v) is 2.16. The van der Waals surface area contributed by atoms with Gasteiger partial charge in [-0.2, -0.15) is 4.98 Å². The molecule has 2 aromatic rings. The minimum absolute atomic E-state index is 0.535. The molecule has 21 heavy (non-hydrogen) atoms. The monoisotopic (exact) mass is 326 g/mol. The number of nitrogens with zero attached hydrogens (tertiary/aromatic N) is 2. The number of anilines is 3. The lowest BCUT2D eigenvalue weighted by molar-refractivity contribution is 0.210. The molecule has 1 heterocycles. The fraction of sp³-hybridized carbons (Fsp3) is 0.286. The van der Waals surface area contributed by atoms with Gasteiger partial charge in [0.05, 0.1) is 17.3 Å². The molecule has 0 bridgehead atoms. The van der Waals surface area contributed by atoms with Crippen LogP contribution in [0.15, 0.2) is 24.3 Å². The van der Waals surface area contributed by atoms with E-state index >= 15 is 0 Å². The maximum absolute atomic E-state index is 6.14. The molecule has 0 radical (unpaired) electrons. The van der Waals surface area contributed by atoms with Crippen molar-refractivity contribution < 1.29 is 4.74 Å². The van der Waals surface area contributed by atoms with Crippen molar-refractivity contribution in [2.75, 3.05) is 30.9 Å². The average Bonchev–Trinajstić information content (AvgIpc) is 2.42. The molecule has 112 valence electrons. The highest BCUT2D eigenvalue weighted by Gasteiger charge is 2.05. The van der Waals surface area contributed by atoms with Gasteiger partial charge in [0.1, 0.15) is 5.82 Å². The van der Waals surface area contributed by atoms with Crippen molar-refractivity contribution in [2.24, 2.45) is 0 Å². The van der Waals surface area contributed by atoms with E-state index in [-0.39, 0.29) is 0 Å². The van der Waals surface area contributed by atoms with Crippen LogP contribution >= 0.6 is 23.2 Å². The maximum Gasteiger partial charge on any atom is 0.224 e. The van der Waals surface area contributed by atoms with Crippen LogP contribution in [0, 0.1) is 6.92 Å². The largest absolute Gasteiger partial charge is 0.383 e. The molecule has 0 spiro atoms. The third-order valence-electron chi connectivity index (χ3n) is 2.64. The van der Waals surface area contributed by atoms with Gasteiger partial charge in [0.15, 0.2) is 0 Å². The number of hydrogen-bond acceptors (Lipinski definition) is 5. The van der Waals surface area contributed by atoms with E-state index in [4.69, 9.17) is 27.9 Å². The first-order valence-corrected chi connectivity index (χ1v) is 7.14. The van der Waals surface area contributed by atoms with Crippen molar-refractivity contribution in [3.8, 4) is 0 Å². The van der Waals surface area contributed by atoms with Crippen molar-refractivity contribution in [1.29, 1.82) is 0 Å². The Morgan fingerprint density at radius 1 is 1.19 bits per heavy atom. The summed E-state index contributed by atoms with van der Waals surface area (Å²) in [7, 11) is 1.65. The number of nitrogens with one attached hydrogen (secondary N) is 2. The van der Waals surface area contributed by atoms with Gasteiger partial charge in [0, 0.05) is 30.4 Å². The summed E-state index contributed by atoms with van der Waals surface area (Å²) < 4.78 is 4.98. The second kappa shape index (κ2) is 7.45. The van der Waals surface area contributed by atoms with E-state index < -0.39 is 0 Å². The van der Waals surface area contributed by atoms with Crippen LogP contribution in [-0.4, -0.2) is 30.2 Å². The molecule has 7 heteroatoms. The van der Waals surface area contributed by atoms with Crippen LogP contribution in [0.4, 0.5) is 17.5 Å². The summed E-state index contributed by atoms with van der Waals surface area (Å²) in [6, 6.07) is 7.09. The fourth-order valence-electron chi connectivity index (χ4n) is 1.71. The van der Waals surface area contributed by atoms with Crippen LogP contribution in [-0.2, 0) is 4.74 Å². The number of hydrogen-bond donors (Lipinski definition) is 2. The Hall–Kier alpha value is -1.56. The smallest absolute Gasteiger partial charge is 0.224 e. The zero-order valence-corrected chi connectivity index (χ0v) is 13.3. The van der Waals surface area contributed by atoms with E-state index in [1.54, 1.807) is 25.3 Å². The van der Waals surface area contributed by atoms with E-state index in [1.807, 2.05) is 13.0 Å². The molecule has 0 aliphatic rings. The number of aromatic nitrogens is 2. The van der Waals surface area contributed by atoms with Gasteiger partial charge in [0.25, 0.3) is 0 Å². The number of methoxy groups -OCH3 is 1. The van der Waals surface area contributed by atoms with E-state index in [0.29, 0.717) is 35.0 Å². The Morgan fingerprint density at radius 3 is 2.71 bits per heavy atom. The molecule has 2 rings (SSSR count). The number of benzene rings is 1. The van der Waals surface area contributed by atoms with Gasteiger partial charge in [-0.25, -0.2) is 4.98 Å². The lowest BCUT2D eigenvalue weighted by atomic mass is 10.3. The van der Waals surface area contributed by atoms with Gasteiger partial charge in [-0.1, -0.05) is 23.2 Å². The molecule has 1 aromatic carbocycles. The molecule has 5 nitrogen and oxygen atoms in total. The minimum Gasteiger partial charge on any atom is -0.383 e. The molecular weight excluding hydrogens is 311 g/mol. The second-order valence-electron chi connectivity index (χ2n) is 4.39. The number of aryl methyl sites for hydroxylation is 1. The standard InChI is InChI=1S/C14H16Cl2N4O/c1-9-7-13(20-14(18-9)17-5-6-21-2)19-12-4-3-10(15)8-11(12)16/h3-4,7-8H,5-6H2,1-2H3,(H2,17,18,19,20). The lowest BCUT2D eigenvalue weighted by Gasteiger charge is -2.11. The summed E-state index contributed by atoms with van der Waals surface area (Å²) in [5.74, 6) is 1.20. The summed E-state index contributed by atoms with van der Waals surface area (Å²) in [4.78, 5) is 8.70. The van der Waals surface area contributed by atoms with E-state index in [2.05, 4.69) is 20.6 Å². The van der Waals surface area contributed by atoms with Crippen molar-refractivity contribution in [3.63, 3.8) is 0 Å². The zero-order valence-electron chi connectivity index (χ0n) is 11.8. The zero-order chi connectivity index (χ0) is 15.2. The maximum atomic E-state index is 6.14. The Bertz CT molecular complexity index is 622. The highest BCUT2D eigenvalue weighted by Crippen LogP contribution is 2.28. The molecule has 0 fully saturated rings. The molecule has 0 saturated carbocycles. The van der Waals surface area contributed by atoms with Crippen LogP contribution in [0.5, 0.6) is 0 Å². The molecule has 2 N–H and O–H groups in total. The molecule has 0 aliphatic heterocycles. The van der Waals surface area contributed by atoms with E-state index in [9.17, 15) is 0 Å². The number of halogens is 2. The lowest BCUT2D eigenvalue weighted by Crippen LogP contribution is -2.11. The summed E-state index contributed by atoms with van der Waals surface area (Å²) in [6.45, 7) is 3.13. The minimum atomic E-state index is 0.535. The molecule has 0 unspecified atom stereocenters. The first-order valence-electron chi connectivity index (χ1n) is 6.39. The summed E-state index contributed by atoms with van der Waals surface area (Å²) in [5.41, 5.74) is 1.58. The molecule has 0 atom stereocenters. The predicted octanol–water partition coefficient (Wildman–Crippen LogP) is 3.89. The Kier molecular flexibility index (Phi) is 5.61. The van der Waals surface area contributed by atoms with Gasteiger partial charge < -0.3 is 15.4 Å². The Labute approximate surface area is 133 Å². The van der Waals surface area contributed by atoms with Crippen molar-refractivity contribution >= 4 is 40.7 Å². The first kappa shape index (κ1) is 15.8. The van der Waals surface area contributed by atoms with Crippen LogP contribution in [0.25, 0.3) is 0 Å². The van der Waals surface area contributed by atoms with Crippen molar-refractivity contribution in [2.45, 2.75) is 6.92 Å². The highest BCUT2D eigenvalue weighted by molar-refractivity contribution is 6.36. The molecule has 0 saturated heterocycles. The number of rotatable bonds is 6. The van der Waals surface area contributed by atoms with Crippen LogP contribution in [0.3, 0.4) is 0 Å². The number of ether oxygens (including phenoxy) is 1. The van der Waals surface area contributed by atoms with Crippen LogP contribution < -0.4 is 10.6 Å². The average molecular weight is 327 g/mol. The van der Waals surface area contributed by atoms with Gasteiger partial charge in [-0.15, -0.1) is 0 Å². The van der Waals surface area contributed by atoms with Gasteiger partial charge >= 0.3 is 0 Å². The normalized spacial score (nSPS) is 10.5. The summed E-state index contributed by atoms with van der Waals surface area (Å²) in [5, 5.41) is 7.38. The predicted molar refractivity (Wildman–Crippen MR) is 86.9 cm³/mol. The Morgan fingerprint density at radius 2 is 2.00 bits per heavy atom. The van der Waals surface area contributed by atoms with Crippen LogP contribution in [0.2, 0.25) is 10.0 Å². The third-order valence-corrected chi connectivity index (χ3v) is 3.19.